The Hall–Kier alpha value is -3.80. The standard InChI is InChI=1S/C20H16F2N4O3/c1-3-29-20(27)17-12(21)10-15(18(22)19(17)28-2)26(9-8-23)16-11-24-13-6-4-5-7-14(13)25-16/h4-7,10-11H,3,9H2,1-2H3. The number of nitriles is 1. The van der Waals surface area contributed by atoms with Gasteiger partial charge in [0.1, 0.15) is 17.9 Å². The summed E-state index contributed by atoms with van der Waals surface area (Å²) in [6.45, 7) is 1.18. The molecule has 0 N–H and O–H groups in total. The van der Waals surface area contributed by atoms with Gasteiger partial charge in [0.2, 0.25) is 0 Å². The van der Waals surface area contributed by atoms with Crippen molar-refractivity contribution in [3.05, 3.63) is 53.7 Å². The van der Waals surface area contributed by atoms with Crippen LogP contribution in [-0.4, -0.2) is 36.2 Å². The Kier molecular flexibility index (Phi) is 5.83. The lowest BCUT2D eigenvalue weighted by Gasteiger charge is -2.23. The third-order valence-electron chi connectivity index (χ3n) is 4.07. The Morgan fingerprint density at radius 2 is 2.00 bits per heavy atom. The highest BCUT2D eigenvalue weighted by atomic mass is 19.1. The molecule has 3 rings (SSSR count). The van der Waals surface area contributed by atoms with Crippen LogP contribution in [0.25, 0.3) is 11.0 Å². The van der Waals surface area contributed by atoms with Crippen molar-refractivity contribution in [1.29, 1.82) is 5.26 Å². The van der Waals surface area contributed by atoms with Gasteiger partial charge in [-0.1, -0.05) is 12.1 Å². The maximum Gasteiger partial charge on any atom is 0.345 e. The first kappa shape index (κ1) is 19.9. The number of rotatable bonds is 6. The molecule has 1 aromatic heterocycles. The van der Waals surface area contributed by atoms with Crippen molar-refractivity contribution in [2.24, 2.45) is 0 Å². The Balaban J connectivity index is 2.17. The molecule has 0 fully saturated rings. The second kappa shape index (κ2) is 8.48. The Bertz CT molecular complexity index is 1110. The van der Waals surface area contributed by atoms with Crippen LogP contribution in [0, 0.1) is 23.0 Å². The molecule has 148 valence electrons. The van der Waals surface area contributed by atoms with Gasteiger partial charge in [-0.05, 0) is 19.1 Å². The molecule has 0 radical (unpaired) electrons. The van der Waals surface area contributed by atoms with Crippen LogP contribution < -0.4 is 9.64 Å². The van der Waals surface area contributed by atoms with E-state index in [2.05, 4.69) is 9.97 Å². The largest absolute Gasteiger partial charge is 0.493 e. The van der Waals surface area contributed by atoms with Crippen molar-refractivity contribution in [2.45, 2.75) is 6.92 Å². The summed E-state index contributed by atoms with van der Waals surface area (Å²) in [5, 5.41) is 9.21. The zero-order valence-corrected chi connectivity index (χ0v) is 15.6. The molecule has 0 atom stereocenters. The number of ether oxygens (including phenoxy) is 2. The van der Waals surface area contributed by atoms with Crippen LogP contribution in [-0.2, 0) is 4.74 Å². The number of carbonyl (C=O) groups is 1. The van der Waals surface area contributed by atoms with Crippen molar-refractivity contribution in [2.75, 3.05) is 25.2 Å². The summed E-state index contributed by atoms with van der Waals surface area (Å²) >= 11 is 0. The van der Waals surface area contributed by atoms with E-state index in [9.17, 15) is 14.4 Å². The molecule has 0 amide bonds. The molecule has 0 unspecified atom stereocenters. The summed E-state index contributed by atoms with van der Waals surface area (Å²) < 4.78 is 39.6. The number of hydrogen-bond donors (Lipinski definition) is 0. The topological polar surface area (TPSA) is 88.3 Å². The maximum atomic E-state index is 15.2. The molecule has 7 nitrogen and oxygen atoms in total. The van der Waals surface area contributed by atoms with Crippen molar-refractivity contribution in [3.63, 3.8) is 0 Å². The van der Waals surface area contributed by atoms with E-state index >= 15 is 4.39 Å². The van der Waals surface area contributed by atoms with Gasteiger partial charge in [0, 0.05) is 6.07 Å². The van der Waals surface area contributed by atoms with Crippen LogP contribution in [0.4, 0.5) is 20.3 Å². The van der Waals surface area contributed by atoms with E-state index < -0.39 is 28.9 Å². The van der Waals surface area contributed by atoms with Gasteiger partial charge in [0.25, 0.3) is 0 Å². The van der Waals surface area contributed by atoms with Gasteiger partial charge in [-0.3, -0.25) is 4.98 Å². The highest BCUT2D eigenvalue weighted by Crippen LogP contribution is 2.36. The predicted molar refractivity (Wildman–Crippen MR) is 101 cm³/mol. The van der Waals surface area contributed by atoms with Gasteiger partial charge in [-0.15, -0.1) is 0 Å². The first-order chi connectivity index (χ1) is 14.0. The zero-order valence-electron chi connectivity index (χ0n) is 15.6. The van der Waals surface area contributed by atoms with E-state index in [1.807, 2.05) is 6.07 Å². The number of fused-ring (bicyclic) bond motifs is 1. The van der Waals surface area contributed by atoms with Gasteiger partial charge < -0.3 is 14.4 Å². The van der Waals surface area contributed by atoms with Crippen LogP contribution >= 0.6 is 0 Å². The Morgan fingerprint density at radius 3 is 2.66 bits per heavy atom. The lowest BCUT2D eigenvalue weighted by atomic mass is 10.1. The van der Waals surface area contributed by atoms with Crippen molar-refractivity contribution < 1.29 is 23.0 Å². The fourth-order valence-corrected chi connectivity index (χ4v) is 2.81. The fraction of sp³-hybridized carbons (Fsp3) is 0.200. The van der Waals surface area contributed by atoms with E-state index in [4.69, 9.17) is 9.47 Å². The van der Waals surface area contributed by atoms with Gasteiger partial charge in [-0.25, -0.2) is 18.6 Å². The lowest BCUT2D eigenvalue weighted by Crippen LogP contribution is -2.22. The number of para-hydroxylation sites is 2. The Labute approximate surface area is 165 Å². The van der Waals surface area contributed by atoms with Crippen LogP contribution in [0.5, 0.6) is 5.75 Å². The molecule has 9 heteroatoms. The number of halogens is 2. The number of anilines is 2. The molecule has 3 aromatic rings. The number of hydrogen-bond acceptors (Lipinski definition) is 7. The van der Waals surface area contributed by atoms with Crippen LogP contribution in [0.3, 0.4) is 0 Å². The zero-order chi connectivity index (χ0) is 21.0. The average molecular weight is 398 g/mol. The lowest BCUT2D eigenvalue weighted by molar-refractivity contribution is 0.0516. The molecule has 0 bridgehead atoms. The third kappa shape index (κ3) is 3.78. The van der Waals surface area contributed by atoms with Crippen molar-refractivity contribution in [3.8, 4) is 11.8 Å². The normalized spacial score (nSPS) is 10.4. The van der Waals surface area contributed by atoms with E-state index in [1.54, 1.807) is 31.2 Å². The minimum Gasteiger partial charge on any atom is -0.493 e. The van der Waals surface area contributed by atoms with E-state index in [0.29, 0.717) is 11.0 Å². The summed E-state index contributed by atoms with van der Waals surface area (Å²) in [7, 11) is 1.11. The SMILES string of the molecule is CCOC(=O)c1c(F)cc(N(CC#N)c2cnc3ccccc3n2)c(F)c1OC. The summed E-state index contributed by atoms with van der Waals surface area (Å²) in [6.07, 6.45) is 1.35. The summed E-state index contributed by atoms with van der Waals surface area (Å²) in [5.74, 6) is -3.61. The number of nitrogens with zero attached hydrogens (tertiary/aromatic N) is 4. The monoisotopic (exact) mass is 398 g/mol. The fourth-order valence-electron chi connectivity index (χ4n) is 2.81. The molecule has 0 aliphatic rings. The van der Waals surface area contributed by atoms with Gasteiger partial charge in [-0.2, -0.15) is 5.26 Å². The maximum absolute atomic E-state index is 15.2. The van der Waals surface area contributed by atoms with Crippen molar-refractivity contribution >= 4 is 28.5 Å². The number of esters is 1. The quantitative estimate of drug-likeness (QED) is 0.461. The first-order valence-corrected chi connectivity index (χ1v) is 8.61. The first-order valence-electron chi connectivity index (χ1n) is 8.61. The second-order valence-corrected chi connectivity index (χ2v) is 5.78. The van der Waals surface area contributed by atoms with Gasteiger partial charge in [0.15, 0.2) is 17.4 Å². The van der Waals surface area contributed by atoms with Gasteiger partial charge in [0.05, 0.1) is 42.7 Å². The minimum absolute atomic E-state index is 0.0158. The number of carbonyl (C=O) groups excluding carboxylic acids is 1. The third-order valence-corrected chi connectivity index (χ3v) is 4.07. The molecule has 1 heterocycles. The van der Waals surface area contributed by atoms with Crippen molar-refractivity contribution in [1.82, 2.24) is 9.97 Å². The predicted octanol–water partition coefficient (Wildman–Crippen LogP) is 3.75. The second-order valence-electron chi connectivity index (χ2n) is 5.78. The summed E-state index contributed by atoms with van der Waals surface area (Å²) in [6, 6.07) is 9.70. The average Bonchev–Trinajstić information content (AvgIpc) is 2.73. The molecule has 0 aliphatic heterocycles. The molecule has 0 spiro atoms. The number of benzene rings is 2. The summed E-state index contributed by atoms with van der Waals surface area (Å²) in [5.41, 5.74) is 0.148. The van der Waals surface area contributed by atoms with Crippen LogP contribution in [0.2, 0.25) is 0 Å². The smallest absolute Gasteiger partial charge is 0.345 e. The van der Waals surface area contributed by atoms with E-state index in [-0.39, 0.29) is 24.7 Å². The van der Waals surface area contributed by atoms with Gasteiger partial charge >= 0.3 is 5.97 Å². The molecule has 0 aliphatic carbocycles. The molecule has 0 saturated carbocycles. The molecular weight excluding hydrogens is 382 g/mol. The highest BCUT2D eigenvalue weighted by Gasteiger charge is 2.28. The minimum atomic E-state index is -1.05. The number of methoxy groups -OCH3 is 1. The Morgan fingerprint density at radius 1 is 1.28 bits per heavy atom. The van der Waals surface area contributed by atoms with Crippen LogP contribution in [0.15, 0.2) is 36.5 Å². The highest BCUT2D eigenvalue weighted by molar-refractivity contribution is 5.94. The molecule has 2 aromatic carbocycles. The molecule has 29 heavy (non-hydrogen) atoms. The molecule has 0 saturated heterocycles. The van der Waals surface area contributed by atoms with E-state index in [1.165, 1.54) is 6.20 Å². The van der Waals surface area contributed by atoms with Crippen LogP contribution in [0.1, 0.15) is 17.3 Å². The summed E-state index contributed by atoms with van der Waals surface area (Å²) in [4.78, 5) is 21.8. The molecular formula is C20H16F2N4O3. The van der Waals surface area contributed by atoms with E-state index in [0.717, 1.165) is 18.1 Å². The number of aromatic nitrogens is 2.